The van der Waals surface area contributed by atoms with Gasteiger partial charge in [0.1, 0.15) is 22.8 Å². The van der Waals surface area contributed by atoms with Crippen LogP contribution in [-0.4, -0.2) is 22.1 Å². The largest absolute Gasteiger partial charge is 0.508 e. The molecule has 28 heavy (non-hydrogen) atoms. The van der Waals surface area contributed by atoms with Crippen LogP contribution in [0.1, 0.15) is 51.3 Å². The van der Waals surface area contributed by atoms with E-state index in [1.807, 2.05) is 26.0 Å². The second-order valence-corrected chi connectivity index (χ2v) is 8.38. The minimum Gasteiger partial charge on any atom is -0.508 e. The average Bonchev–Trinajstić information content (AvgIpc) is 2.60. The third-order valence-corrected chi connectivity index (χ3v) is 5.28. The molecule has 0 unspecified atom stereocenters. The molecule has 1 heterocycles. The summed E-state index contributed by atoms with van der Waals surface area (Å²) >= 11 is 0. The van der Waals surface area contributed by atoms with Crippen molar-refractivity contribution in [3.05, 3.63) is 64.7 Å². The topological polar surface area (TPSA) is 46.5 Å². The Labute approximate surface area is 165 Å². The lowest BCUT2D eigenvalue weighted by atomic mass is 9.81. The first-order valence-corrected chi connectivity index (χ1v) is 9.56. The summed E-state index contributed by atoms with van der Waals surface area (Å²) in [6, 6.07) is 10.6. The van der Waals surface area contributed by atoms with Gasteiger partial charge in [-0.05, 0) is 69.4 Å². The van der Waals surface area contributed by atoms with Crippen molar-refractivity contribution in [2.24, 2.45) is 0 Å². The molecular formula is C24H27FO3. The Morgan fingerprint density at radius 3 is 2.25 bits per heavy atom. The Morgan fingerprint density at radius 1 is 1.00 bits per heavy atom. The standard InChI is InChI=1S/C24H27FO3/c1-7-15-13-16(17-10-8-14(2)12-19(17)25)9-11-18(15)20-21(26)23(3,4)28-24(5,6)22(20)27/h8-13,26H,7H2,1-6H3. The van der Waals surface area contributed by atoms with Crippen molar-refractivity contribution in [2.45, 2.75) is 59.2 Å². The molecule has 3 nitrogen and oxygen atoms in total. The monoisotopic (exact) mass is 382 g/mol. The summed E-state index contributed by atoms with van der Waals surface area (Å²) in [5.74, 6) is -0.602. The second kappa shape index (κ2) is 6.85. The maximum absolute atomic E-state index is 14.4. The fraction of sp³-hybridized carbons (Fsp3) is 0.375. The summed E-state index contributed by atoms with van der Waals surface area (Å²) in [5.41, 5.74) is 1.94. The fourth-order valence-corrected chi connectivity index (χ4v) is 3.84. The van der Waals surface area contributed by atoms with Gasteiger partial charge in [0, 0.05) is 5.56 Å². The van der Waals surface area contributed by atoms with Crippen LogP contribution < -0.4 is 0 Å². The number of rotatable bonds is 3. The number of carbonyl (C=O) groups is 1. The van der Waals surface area contributed by atoms with Crippen molar-refractivity contribution in [1.82, 2.24) is 0 Å². The van der Waals surface area contributed by atoms with Crippen LogP contribution in [0.5, 0.6) is 0 Å². The van der Waals surface area contributed by atoms with Crippen molar-refractivity contribution in [2.75, 3.05) is 0 Å². The Morgan fingerprint density at radius 2 is 1.64 bits per heavy atom. The van der Waals surface area contributed by atoms with Crippen molar-refractivity contribution in [3.8, 4) is 11.1 Å². The summed E-state index contributed by atoms with van der Waals surface area (Å²) in [7, 11) is 0. The molecule has 1 aliphatic heterocycles. The fourth-order valence-electron chi connectivity index (χ4n) is 3.84. The molecule has 0 radical (unpaired) electrons. The number of Topliss-reactive ketones (excluding diaryl/α,β-unsaturated/α-hetero) is 1. The zero-order valence-corrected chi connectivity index (χ0v) is 17.3. The normalized spacial score (nSPS) is 18.5. The molecule has 2 aromatic rings. The van der Waals surface area contributed by atoms with Crippen molar-refractivity contribution in [3.63, 3.8) is 0 Å². The molecular weight excluding hydrogens is 355 g/mol. The van der Waals surface area contributed by atoms with Gasteiger partial charge in [0.15, 0.2) is 5.78 Å². The first kappa shape index (κ1) is 20.3. The molecule has 0 aromatic heterocycles. The molecule has 0 atom stereocenters. The van der Waals surface area contributed by atoms with Gasteiger partial charge < -0.3 is 9.84 Å². The van der Waals surface area contributed by atoms with Crippen LogP contribution in [-0.2, 0) is 16.0 Å². The molecule has 0 amide bonds. The first-order valence-electron chi connectivity index (χ1n) is 9.56. The molecule has 0 saturated carbocycles. The van der Waals surface area contributed by atoms with Gasteiger partial charge in [-0.15, -0.1) is 0 Å². The summed E-state index contributed by atoms with van der Waals surface area (Å²) < 4.78 is 20.3. The van der Waals surface area contributed by atoms with E-state index in [4.69, 9.17) is 4.74 Å². The van der Waals surface area contributed by atoms with Gasteiger partial charge >= 0.3 is 0 Å². The van der Waals surface area contributed by atoms with Crippen LogP contribution in [0.25, 0.3) is 16.7 Å². The Bertz CT molecular complexity index is 983. The first-order chi connectivity index (χ1) is 13.0. The zero-order valence-electron chi connectivity index (χ0n) is 17.3. The van der Waals surface area contributed by atoms with E-state index < -0.39 is 11.2 Å². The van der Waals surface area contributed by atoms with Crippen molar-refractivity contribution in [1.29, 1.82) is 0 Å². The lowest BCUT2D eigenvalue weighted by Gasteiger charge is -2.40. The molecule has 4 heteroatoms. The maximum atomic E-state index is 14.4. The minimum atomic E-state index is -1.04. The molecule has 1 N–H and O–H groups in total. The van der Waals surface area contributed by atoms with Gasteiger partial charge in [0.25, 0.3) is 0 Å². The summed E-state index contributed by atoms with van der Waals surface area (Å²) in [4.78, 5) is 13.1. The van der Waals surface area contributed by atoms with Crippen LogP contribution in [0.3, 0.4) is 0 Å². The highest BCUT2D eigenvalue weighted by molar-refractivity contribution is 6.26. The number of benzene rings is 2. The Balaban J connectivity index is 2.19. The molecule has 1 aliphatic rings. The smallest absolute Gasteiger partial charge is 0.198 e. The number of aliphatic hydroxyl groups excluding tert-OH is 1. The van der Waals surface area contributed by atoms with Crippen molar-refractivity contribution < 1.29 is 19.0 Å². The van der Waals surface area contributed by atoms with Crippen LogP contribution in [0.2, 0.25) is 0 Å². The predicted molar refractivity (Wildman–Crippen MR) is 110 cm³/mol. The summed E-state index contributed by atoms with van der Waals surface area (Å²) in [6.45, 7) is 10.8. The van der Waals surface area contributed by atoms with Gasteiger partial charge in [-0.3, -0.25) is 4.79 Å². The SMILES string of the molecule is CCc1cc(-c2ccc(C)cc2F)ccc1C1=C(O)C(C)(C)OC(C)(C)C1=O. The number of halogens is 1. The predicted octanol–water partition coefficient (Wildman–Crippen LogP) is 5.79. The van der Waals surface area contributed by atoms with E-state index in [0.717, 1.165) is 16.7 Å². The van der Waals surface area contributed by atoms with Crippen LogP contribution in [0, 0.1) is 12.7 Å². The van der Waals surface area contributed by atoms with Gasteiger partial charge in [-0.2, -0.15) is 0 Å². The van der Waals surface area contributed by atoms with Crippen LogP contribution in [0.15, 0.2) is 42.2 Å². The van der Waals surface area contributed by atoms with Crippen LogP contribution in [0.4, 0.5) is 4.39 Å². The van der Waals surface area contributed by atoms with E-state index in [1.165, 1.54) is 6.07 Å². The lowest BCUT2D eigenvalue weighted by molar-refractivity contribution is -0.158. The van der Waals surface area contributed by atoms with E-state index >= 15 is 0 Å². The molecule has 2 aromatic carbocycles. The third kappa shape index (κ3) is 3.37. The summed E-state index contributed by atoms with van der Waals surface area (Å²) in [5, 5.41) is 10.8. The highest BCUT2D eigenvalue weighted by Gasteiger charge is 2.47. The number of carbonyl (C=O) groups excluding carboxylic acids is 1. The number of aliphatic hydroxyl groups is 1. The van der Waals surface area contributed by atoms with Gasteiger partial charge in [-0.1, -0.05) is 37.3 Å². The third-order valence-electron chi connectivity index (χ3n) is 5.28. The quantitative estimate of drug-likeness (QED) is 0.731. The van der Waals surface area contributed by atoms with Crippen LogP contribution >= 0.6 is 0 Å². The van der Waals surface area contributed by atoms with E-state index in [1.54, 1.807) is 45.9 Å². The highest BCUT2D eigenvalue weighted by Crippen LogP contribution is 2.41. The number of ketones is 1. The van der Waals surface area contributed by atoms with E-state index in [9.17, 15) is 14.3 Å². The number of hydrogen-bond donors (Lipinski definition) is 1. The number of aryl methyl sites for hydroxylation is 2. The average molecular weight is 382 g/mol. The van der Waals surface area contributed by atoms with Gasteiger partial charge in [-0.25, -0.2) is 4.39 Å². The van der Waals surface area contributed by atoms with E-state index in [0.29, 0.717) is 17.5 Å². The number of hydrogen-bond acceptors (Lipinski definition) is 3. The minimum absolute atomic E-state index is 0.0687. The van der Waals surface area contributed by atoms with E-state index in [-0.39, 0.29) is 22.9 Å². The second-order valence-electron chi connectivity index (χ2n) is 8.38. The molecule has 0 aliphatic carbocycles. The maximum Gasteiger partial charge on any atom is 0.198 e. The van der Waals surface area contributed by atoms with Gasteiger partial charge in [0.2, 0.25) is 0 Å². The Kier molecular flexibility index (Phi) is 4.96. The molecule has 0 bridgehead atoms. The molecule has 0 spiro atoms. The van der Waals surface area contributed by atoms with E-state index in [2.05, 4.69) is 0 Å². The molecule has 0 saturated heterocycles. The Hall–Kier alpha value is -2.46. The molecule has 3 rings (SSSR count). The lowest BCUT2D eigenvalue weighted by Crippen LogP contribution is -2.49. The number of ether oxygens (including phenoxy) is 1. The van der Waals surface area contributed by atoms with Gasteiger partial charge in [0.05, 0.1) is 5.57 Å². The molecule has 0 fully saturated rings. The highest BCUT2D eigenvalue weighted by atomic mass is 19.1. The molecule has 148 valence electrons. The summed E-state index contributed by atoms with van der Waals surface area (Å²) in [6.07, 6.45) is 0.641. The zero-order chi connectivity index (χ0) is 20.9. The van der Waals surface area contributed by atoms with Crippen molar-refractivity contribution >= 4 is 11.4 Å².